The molecule has 5 heteroatoms. The van der Waals surface area contributed by atoms with Crippen LogP contribution in [0.3, 0.4) is 0 Å². The molecule has 5 rings (SSSR count). The molecule has 0 bridgehead atoms. The average Bonchev–Trinajstić information content (AvgIpc) is 3.31. The van der Waals surface area contributed by atoms with Gasteiger partial charge in [-0.25, -0.2) is 4.98 Å². The fourth-order valence-electron chi connectivity index (χ4n) is 4.37. The minimum Gasteiger partial charge on any atom is -0.441 e. The van der Waals surface area contributed by atoms with Gasteiger partial charge in [-0.1, -0.05) is 48.5 Å². The van der Waals surface area contributed by atoms with E-state index in [9.17, 15) is 4.79 Å². The Labute approximate surface area is 194 Å². The van der Waals surface area contributed by atoms with E-state index < -0.39 is 0 Å². The number of aromatic nitrogens is 1. The van der Waals surface area contributed by atoms with Gasteiger partial charge in [-0.2, -0.15) is 0 Å². The number of piperazine rings is 1. The minimum absolute atomic E-state index is 0.122. The lowest BCUT2D eigenvalue weighted by atomic mass is 9.99. The Kier molecular flexibility index (Phi) is 5.94. The standard InChI is InChI=1S/C28H27N3O2/c1-21-29-20-27(33-21)23-11-13-25(14-12-23)30-15-17-31(18-16-30)28(32)26-10-6-5-9-24(26)19-22-7-3-2-4-8-22/h2-14,20H,15-19H2,1H3. The first kappa shape index (κ1) is 21.0. The van der Waals surface area contributed by atoms with Crippen molar-refractivity contribution < 1.29 is 9.21 Å². The molecule has 0 N–H and O–H groups in total. The van der Waals surface area contributed by atoms with Crippen molar-refractivity contribution in [2.75, 3.05) is 31.1 Å². The van der Waals surface area contributed by atoms with E-state index in [1.165, 1.54) is 5.56 Å². The molecule has 0 aliphatic carbocycles. The quantitative estimate of drug-likeness (QED) is 0.430. The van der Waals surface area contributed by atoms with Crippen LogP contribution in [0.4, 0.5) is 5.69 Å². The van der Waals surface area contributed by atoms with E-state index in [1.54, 1.807) is 6.20 Å². The maximum Gasteiger partial charge on any atom is 0.254 e. The van der Waals surface area contributed by atoms with Crippen LogP contribution >= 0.6 is 0 Å². The van der Waals surface area contributed by atoms with Crippen molar-refractivity contribution >= 4 is 11.6 Å². The summed E-state index contributed by atoms with van der Waals surface area (Å²) in [6.45, 7) is 4.89. The molecule has 1 fully saturated rings. The van der Waals surface area contributed by atoms with E-state index >= 15 is 0 Å². The van der Waals surface area contributed by atoms with Gasteiger partial charge in [0.15, 0.2) is 11.7 Å². The Morgan fingerprint density at radius 2 is 1.58 bits per heavy atom. The zero-order valence-corrected chi connectivity index (χ0v) is 18.8. The Hall–Kier alpha value is -3.86. The number of hydrogen-bond acceptors (Lipinski definition) is 4. The summed E-state index contributed by atoms with van der Waals surface area (Å²) in [5.74, 6) is 1.57. The van der Waals surface area contributed by atoms with Crippen molar-refractivity contribution in [1.29, 1.82) is 0 Å². The highest BCUT2D eigenvalue weighted by atomic mass is 16.4. The Morgan fingerprint density at radius 3 is 2.27 bits per heavy atom. The van der Waals surface area contributed by atoms with Crippen LogP contribution in [0.5, 0.6) is 0 Å². The lowest BCUT2D eigenvalue weighted by Crippen LogP contribution is -2.49. The summed E-state index contributed by atoms with van der Waals surface area (Å²) in [6, 6.07) is 26.6. The van der Waals surface area contributed by atoms with E-state index in [0.29, 0.717) is 19.0 Å². The molecule has 0 unspecified atom stereocenters. The Balaban J connectivity index is 1.24. The molecule has 4 aromatic rings. The molecular weight excluding hydrogens is 410 g/mol. The van der Waals surface area contributed by atoms with Gasteiger partial charge in [-0.3, -0.25) is 4.79 Å². The molecular formula is C28H27N3O2. The molecule has 1 amide bonds. The second-order valence-electron chi connectivity index (χ2n) is 8.39. The lowest BCUT2D eigenvalue weighted by molar-refractivity contribution is 0.0746. The van der Waals surface area contributed by atoms with Crippen molar-refractivity contribution in [2.24, 2.45) is 0 Å². The van der Waals surface area contributed by atoms with E-state index in [2.05, 4.69) is 52.3 Å². The smallest absolute Gasteiger partial charge is 0.254 e. The van der Waals surface area contributed by atoms with Crippen LogP contribution < -0.4 is 4.90 Å². The summed E-state index contributed by atoms with van der Waals surface area (Å²) >= 11 is 0. The first-order chi connectivity index (χ1) is 16.2. The molecule has 1 aliphatic heterocycles. The second kappa shape index (κ2) is 9.33. The van der Waals surface area contributed by atoms with Gasteiger partial charge in [-0.15, -0.1) is 0 Å². The third kappa shape index (κ3) is 4.67. The average molecular weight is 438 g/mol. The summed E-state index contributed by atoms with van der Waals surface area (Å²) in [6.07, 6.45) is 2.52. The Bertz CT molecular complexity index is 1220. The van der Waals surface area contributed by atoms with E-state index in [-0.39, 0.29) is 5.91 Å². The fraction of sp³-hybridized carbons (Fsp3) is 0.214. The van der Waals surface area contributed by atoms with Crippen LogP contribution in [0.1, 0.15) is 27.4 Å². The summed E-state index contributed by atoms with van der Waals surface area (Å²) in [5.41, 5.74) is 5.28. The molecule has 5 nitrogen and oxygen atoms in total. The summed E-state index contributed by atoms with van der Waals surface area (Å²) < 4.78 is 5.62. The molecule has 166 valence electrons. The van der Waals surface area contributed by atoms with Crippen molar-refractivity contribution in [3.8, 4) is 11.3 Å². The van der Waals surface area contributed by atoms with Gasteiger partial charge < -0.3 is 14.2 Å². The highest BCUT2D eigenvalue weighted by Crippen LogP contribution is 2.25. The van der Waals surface area contributed by atoms with Gasteiger partial charge in [0.1, 0.15) is 0 Å². The number of anilines is 1. The summed E-state index contributed by atoms with van der Waals surface area (Å²) in [4.78, 5) is 21.8. The SMILES string of the molecule is Cc1ncc(-c2ccc(N3CCN(C(=O)c4ccccc4Cc4ccccc4)CC3)cc2)o1. The highest BCUT2D eigenvalue weighted by molar-refractivity contribution is 5.96. The minimum atomic E-state index is 0.122. The van der Waals surface area contributed by atoms with Crippen molar-refractivity contribution in [3.05, 3.63) is 108 Å². The van der Waals surface area contributed by atoms with Crippen molar-refractivity contribution in [1.82, 2.24) is 9.88 Å². The number of rotatable bonds is 5. The van der Waals surface area contributed by atoms with E-state index in [4.69, 9.17) is 4.42 Å². The second-order valence-corrected chi connectivity index (χ2v) is 8.39. The van der Waals surface area contributed by atoms with Crippen LogP contribution in [0.2, 0.25) is 0 Å². The zero-order chi connectivity index (χ0) is 22.6. The predicted octanol–water partition coefficient (Wildman–Crippen LogP) is 5.20. The molecule has 2 heterocycles. The van der Waals surface area contributed by atoms with Gasteiger partial charge in [-0.05, 0) is 47.9 Å². The molecule has 1 aliphatic rings. The molecule has 0 spiro atoms. The van der Waals surface area contributed by atoms with Crippen molar-refractivity contribution in [2.45, 2.75) is 13.3 Å². The van der Waals surface area contributed by atoms with Gasteiger partial charge in [0.05, 0.1) is 6.20 Å². The number of nitrogens with zero attached hydrogens (tertiary/aromatic N) is 3. The third-order valence-corrected chi connectivity index (χ3v) is 6.19. The maximum atomic E-state index is 13.3. The summed E-state index contributed by atoms with van der Waals surface area (Å²) in [7, 11) is 0. The number of aryl methyl sites for hydroxylation is 1. The van der Waals surface area contributed by atoms with E-state index in [1.807, 2.05) is 48.2 Å². The van der Waals surface area contributed by atoms with Gasteiger partial charge in [0, 0.05) is 49.9 Å². The number of benzene rings is 3. The number of oxazole rings is 1. The van der Waals surface area contributed by atoms with Crippen LogP contribution in [-0.4, -0.2) is 42.0 Å². The van der Waals surface area contributed by atoms with Gasteiger partial charge >= 0.3 is 0 Å². The molecule has 33 heavy (non-hydrogen) atoms. The van der Waals surface area contributed by atoms with Crippen LogP contribution in [0.15, 0.2) is 89.5 Å². The highest BCUT2D eigenvalue weighted by Gasteiger charge is 2.24. The summed E-state index contributed by atoms with van der Waals surface area (Å²) in [5, 5.41) is 0. The maximum absolute atomic E-state index is 13.3. The first-order valence-electron chi connectivity index (χ1n) is 11.4. The molecule has 0 atom stereocenters. The number of carbonyl (C=O) groups excluding carboxylic acids is 1. The zero-order valence-electron chi connectivity index (χ0n) is 18.8. The monoisotopic (exact) mass is 437 g/mol. The van der Waals surface area contributed by atoms with Crippen LogP contribution in [0, 0.1) is 6.92 Å². The fourth-order valence-corrected chi connectivity index (χ4v) is 4.37. The van der Waals surface area contributed by atoms with E-state index in [0.717, 1.165) is 47.6 Å². The van der Waals surface area contributed by atoms with Crippen LogP contribution in [0.25, 0.3) is 11.3 Å². The number of carbonyl (C=O) groups is 1. The number of amides is 1. The van der Waals surface area contributed by atoms with Gasteiger partial charge in [0.25, 0.3) is 5.91 Å². The molecule has 3 aromatic carbocycles. The van der Waals surface area contributed by atoms with Crippen molar-refractivity contribution in [3.63, 3.8) is 0 Å². The number of hydrogen-bond donors (Lipinski definition) is 0. The van der Waals surface area contributed by atoms with Crippen LogP contribution in [-0.2, 0) is 6.42 Å². The normalized spacial score (nSPS) is 13.8. The predicted molar refractivity (Wildman–Crippen MR) is 130 cm³/mol. The lowest BCUT2D eigenvalue weighted by Gasteiger charge is -2.36. The third-order valence-electron chi connectivity index (χ3n) is 6.19. The van der Waals surface area contributed by atoms with Gasteiger partial charge in [0.2, 0.25) is 0 Å². The largest absolute Gasteiger partial charge is 0.441 e. The molecule has 1 aromatic heterocycles. The molecule has 0 radical (unpaired) electrons. The molecule has 1 saturated heterocycles. The topological polar surface area (TPSA) is 49.6 Å². The molecule has 0 saturated carbocycles. The first-order valence-corrected chi connectivity index (χ1v) is 11.4. The Morgan fingerprint density at radius 1 is 0.879 bits per heavy atom.